The van der Waals surface area contributed by atoms with Gasteiger partial charge < -0.3 is 47.4 Å². The maximum atomic E-state index is 5.96. The van der Waals surface area contributed by atoms with E-state index in [1.807, 2.05) is 12.2 Å². The summed E-state index contributed by atoms with van der Waals surface area (Å²) in [6.07, 6.45) is 2.72. The Morgan fingerprint density at radius 2 is 1.13 bits per heavy atom. The first-order valence-electron chi connectivity index (χ1n) is 10.6. The standard InChI is InChI=1S/C20H28O10/c1-19-25-9-13(27-19)15-17(29-19)11(7-23-15)21-5-3-4-6-22-12-8-24-16-14-10-26-20(2,28-14)30-18(12)16/h3-4,11-18H,5-10H2,1-2H3/b4-3+/t11-,12-,13-,14-,15+,16+,17+,18+,19?,20?/m0/s1. The minimum absolute atomic E-state index is 0.0981. The smallest absolute Gasteiger partial charge is 0.280 e. The van der Waals surface area contributed by atoms with E-state index >= 15 is 0 Å². The molecule has 30 heavy (non-hydrogen) atoms. The van der Waals surface area contributed by atoms with Crippen LogP contribution in [0.25, 0.3) is 0 Å². The summed E-state index contributed by atoms with van der Waals surface area (Å²) in [7, 11) is 0. The van der Waals surface area contributed by atoms with Gasteiger partial charge in [0.2, 0.25) is 0 Å². The molecule has 2 unspecified atom stereocenters. The largest absolute Gasteiger partial charge is 0.370 e. The Kier molecular flexibility index (Phi) is 4.96. The Hall–Kier alpha value is -0.660. The molecule has 0 aromatic carbocycles. The second kappa shape index (κ2) is 7.45. The summed E-state index contributed by atoms with van der Waals surface area (Å²) in [5.41, 5.74) is 0. The van der Waals surface area contributed by atoms with Crippen LogP contribution in [0.1, 0.15) is 13.8 Å². The van der Waals surface area contributed by atoms with E-state index in [0.717, 1.165) is 0 Å². The molecule has 0 saturated carbocycles. The van der Waals surface area contributed by atoms with Gasteiger partial charge in [-0.15, -0.1) is 0 Å². The third kappa shape index (κ3) is 3.43. The number of hydrogen-bond acceptors (Lipinski definition) is 10. The lowest BCUT2D eigenvalue weighted by molar-refractivity contribution is -0.379. The van der Waals surface area contributed by atoms with Crippen LogP contribution >= 0.6 is 0 Å². The van der Waals surface area contributed by atoms with Crippen molar-refractivity contribution in [2.45, 2.75) is 74.6 Å². The second-order valence-electron chi connectivity index (χ2n) is 8.64. The number of hydrogen-bond donors (Lipinski definition) is 0. The molecule has 168 valence electrons. The van der Waals surface area contributed by atoms with Crippen LogP contribution in [0.4, 0.5) is 0 Å². The zero-order valence-electron chi connectivity index (χ0n) is 17.1. The Morgan fingerprint density at radius 1 is 0.667 bits per heavy atom. The van der Waals surface area contributed by atoms with Crippen LogP contribution in [-0.4, -0.2) is 100 Å². The van der Waals surface area contributed by atoms with E-state index in [9.17, 15) is 0 Å². The molecule has 6 aliphatic heterocycles. The van der Waals surface area contributed by atoms with Gasteiger partial charge in [0.15, 0.2) is 0 Å². The van der Waals surface area contributed by atoms with Gasteiger partial charge in [-0.1, -0.05) is 12.2 Å². The van der Waals surface area contributed by atoms with Gasteiger partial charge in [0.1, 0.15) is 48.8 Å². The fourth-order valence-corrected chi connectivity index (χ4v) is 5.01. The maximum absolute atomic E-state index is 5.96. The highest BCUT2D eigenvalue weighted by atomic mass is 16.9. The first-order chi connectivity index (χ1) is 14.5. The predicted octanol–water partition coefficient (Wildman–Crippen LogP) is 0.0864. The molecule has 0 aromatic rings. The van der Waals surface area contributed by atoms with Crippen molar-refractivity contribution < 1.29 is 47.4 Å². The molecular formula is C20H28O10. The molecule has 4 bridgehead atoms. The van der Waals surface area contributed by atoms with Crippen LogP contribution in [0.2, 0.25) is 0 Å². The van der Waals surface area contributed by atoms with Crippen molar-refractivity contribution in [3.63, 3.8) is 0 Å². The van der Waals surface area contributed by atoms with Crippen molar-refractivity contribution >= 4 is 0 Å². The summed E-state index contributed by atoms with van der Waals surface area (Å²) in [6.45, 7) is 6.39. The Bertz CT molecular complexity index is 632. The van der Waals surface area contributed by atoms with Crippen LogP contribution in [0.15, 0.2) is 12.2 Å². The van der Waals surface area contributed by atoms with Crippen molar-refractivity contribution in [2.24, 2.45) is 0 Å². The van der Waals surface area contributed by atoms with Crippen molar-refractivity contribution in [1.29, 1.82) is 0 Å². The minimum Gasteiger partial charge on any atom is -0.370 e. The van der Waals surface area contributed by atoms with Crippen molar-refractivity contribution in [3.8, 4) is 0 Å². The monoisotopic (exact) mass is 428 g/mol. The summed E-state index contributed by atoms with van der Waals surface area (Å²) in [5, 5.41) is 0. The summed E-state index contributed by atoms with van der Waals surface area (Å²) < 4.78 is 58.0. The Balaban J connectivity index is 0.951. The van der Waals surface area contributed by atoms with Crippen LogP contribution in [0.5, 0.6) is 0 Å². The Morgan fingerprint density at radius 3 is 1.60 bits per heavy atom. The van der Waals surface area contributed by atoms with E-state index in [1.54, 1.807) is 13.8 Å². The molecule has 6 fully saturated rings. The summed E-state index contributed by atoms with van der Waals surface area (Å²) in [4.78, 5) is 0. The minimum atomic E-state index is -0.986. The lowest BCUT2D eigenvalue weighted by atomic mass is 10.1. The third-order valence-corrected chi connectivity index (χ3v) is 6.45. The number of rotatable bonds is 6. The van der Waals surface area contributed by atoms with Crippen molar-refractivity contribution in [2.75, 3.05) is 39.6 Å². The molecular weight excluding hydrogens is 400 g/mol. The van der Waals surface area contributed by atoms with Crippen LogP contribution in [-0.2, 0) is 47.4 Å². The van der Waals surface area contributed by atoms with Gasteiger partial charge in [-0.25, -0.2) is 0 Å². The number of ether oxygens (including phenoxy) is 10. The van der Waals surface area contributed by atoms with E-state index in [4.69, 9.17) is 47.4 Å². The average molecular weight is 428 g/mol. The Labute approximate surface area is 174 Å². The topological polar surface area (TPSA) is 92.3 Å². The third-order valence-electron chi connectivity index (χ3n) is 6.45. The van der Waals surface area contributed by atoms with Gasteiger partial charge in [0, 0.05) is 13.8 Å². The highest BCUT2D eigenvalue weighted by Crippen LogP contribution is 2.41. The van der Waals surface area contributed by atoms with Gasteiger partial charge in [-0.2, -0.15) is 0 Å². The molecule has 0 aromatic heterocycles. The van der Waals surface area contributed by atoms with E-state index in [0.29, 0.717) is 39.6 Å². The SMILES string of the molecule is CC12OC[C@H](O1)[C@H]1OC[C@H](OC/C=C/CO[C@H]3CO[C@H]4[C@@H]3OC3(C)OC[C@@H]4O3)[C@H]1O2. The molecule has 0 amide bonds. The normalized spacial score (nSPS) is 54.1. The van der Waals surface area contributed by atoms with Gasteiger partial charge in [-0.05, 0) is 0 Å². The molecule has 10 heteroatoms. The molecule has 6 saturated heterocycles. The number of fused-ring (bicyclic) bond motifs is 8. The summed E-state index contributed by atoms with van der Waals surface area (Å²) >= 11 is 0. The zero-order valence-corrected chi connectivity index (χ0v) is 17.1. The lowest BCUT2D eigenvalue weighted by Gasteiger charge is -2.36. The molecule has 6 aliphatic rings. The van der Waals surface area contributed by atoms with E-state index in [-0.39, 0.29) is 48.8 Å². The molecule has 6 rings (SSSR count). The predicted molar refractivity (Wildman–Crippen MR) is 96.3 cm³/mol. The molecule has 0 spiro atoms. The highest BCUT2D eigenvalue weighted by molar-refractivity contribution is 4.99. The lowest BCUT2D eigenvalue weighted by Crippen LogP contribution is -2.52. The first kappa shape index (κ1) is 20.0. The molecule has 0 aliphatic carbocycles. The summed E-state index contributed by atoms with van der Waals surface area (Å²) in [5.74, 6) is -1.97. The highest BCUT2D eigenvalue weighted by Gasteiger charge is 2.58. The van der Waals surface area contributed by atoms with E-state index in [1.165, 1.54) is 0 Å². The second-order valence-corrected chi connectivity index (χ2v) is 8.64. The van der Waals surface area contributed by atoms with E-state index < -0.39 is 11.9 Å². The average Bonchev–Trinajstić information content (AvgIpc) is 3.45. The summed E-state index contributed by atoms with van der Waals surface area (Å²) in [6, 6.07) is 0. The first-order valence-corrected chi connectivity index (χ1v) is 10.6. The van der Waals surface area contributed by atoms with Crippen molar-refractivity contribution in [3.05, 3.63) is 12.2 Å². The quantitative estimate of drug-likeness (QED) is 0.542. The zero-order chi connectivity index (χ0) is 20.3. The van der Waals surface area contributed by atoms with E-state index in [2.05, 4.69) is 0 Å². The molecule has 10 atom stereocenters. The van der Waals surface area contributed by atoms with Gasteiger partial charge in [-0.3, -0.25) is 0 Å². The maximum Gasteiger partial charge on any atom is 0.280 e. The fraction of sp³-hybridized carbons (Fsp3) is 0.900. The molecule has 6 heterocycles. The van der Waals surface area contributed by atoms with Crippen LogP contribution in [0, 0.1) is 0 Å². The molecule has 0 radical (unpaired) electrons. The van der Waals surface area contributed by atoms with Crippen molar-refractivity contribution in [1.82, 2.24) is 0 Å². The van der Waals surface area contributed by atoms with Gasteiger partial charge in [0.25, 0.3) is 11.9 Å². The van der Waals surface area contributed by atoms with Crippen LogP contribution < -0.4 is 0 Å². The van der Waals surface area contributed by atoms with Gasteiger partial charge in [0.05, 0.1) is 39.6 Å². The molecule has 10 nitrogen and oxygen atoms in total. The fourth-order valence-electron chi connectivity index (χ4n) is 5.01. The molecule has 0 N–H and O–H groups in total. The van der Waals surface area contributed by atoms with Crippen LogP contribution in [0.3, 0.4) is 0 Å². The van der Waals surface area contributed by atoms with Gasteiger partial charge >= 0.3 is 0 Å².